The fourth-order valence-corrected chi connectivity index (χ4v) is 2.38. The lowest BCUT2D eigenvalue weighted by molar-refractivity contribution is 0.200. The zero-order chi connectivity index (χ0) is 18.2. The summed E-state index contributed by atoms with van der Waals surface area (Å²) < 4.78 is 0. The predicted octanol–water partition coefficient (Wildman–Crippen LogP) is 3.04. The summed E-state index contributed by atoms with van der Waals surface area (Å²) in [6, 6.07) is 17.1. The van der Waals surface area contributed by atoms with Gasteiger partial charge in [0.1, 0.15) is 0 Å². The molecule has 2 aromatic carbocycles. The van der Waals surface area contributed by atoms with Crippen molar-refractivity contribution in [3.05, 3.63) is 59.7 Å². The first-order valence-corrected chi connectivity index (χ1v) is 8.28. The van der Waals surface area contributed by atoms with Gasteiger partial charge in [0.05, 0.1) is 11.6 Å². The summed E-state index contributed by atoms with van der Waals surface area (Å²) in [5.41, 5.74) is 3.47. The van der Waals surface area contributed by atoms with Gasteiger partial charge in [-0.15, -0.1) is 0 Å². The van der Waals surface area contributed by atoms with E-state index in [-0.39, 0.29) is 24.6 Å². The molecule has 5 nitrogen and oxygen atoms in total. The minimum absolute atomic E-state index is 0.00485. The predicted molar refractivity (Wildman–Crippen MR) is 97.7 cm³/mol. The first kappa shape index (κ1) is 18.5. The topological polar surface area (TPSA) is 85.2 Å². The molecule has 0 saturated heterocycles. The number of amides is 2. The summed E-state index contributed by atoms with van der Waals surface area (Å²) in [5.74, 6) is 0.00485. The van der Waals surface area contributed by atoms with Crippen molar-refractivity contribution in [1.82, 2.24) is 10.6 Å². The SMILES string of the molecule is CC(CO)C(C)NC(=O)NCc1ccc(-c2ccccc2C#N)cc1. The van der Waals surface area contributed by atoms with E-state index in [0.29, 0.717) is 12.1 Å². The maximum atomic E-state index is 11.9. The number of hydrogen-bond donors (Lipinski definition) is 3. The number of nitriles is 1. The highest BCUT2D eigenvalue weighted by molar-refractivity contribution is 5.74. The molecular formula is C20H23N3O2. The average Bonchev–Trinajstić information content (AvgIpc) is 2.66. The van der Waals surface area contributed by atoms with Crippen molar-refractivity contribution >= 4 is 6.03 Å². The van der Waals surface area contributed by atoms with Crippen LogP contribution in [-0.4, -0.2) is 23.8 Å². The van der Waals surface area contributed by atoms with E-state index in [2.05, 4.69) is 16.7 Å². The molecule has 5 heteroatoms. The lowest BCUT2D eigenvalue weighted by Gasteiger charge is -2.19. The Kier molecular flexibility index (Phi) is 6.55. The Bertz CT molecular complexity index is 750. The lowest BCUT2D eigenvalue weighted by atomic mass is 9.99. The molecule has 0 heterocycles. The molecule has 2 unspecified atom stereocenters. The Hall–Kier alpha value is -2.84. The third-order valence-electron chi connectivity index (χ3n) is 4.27. The molecule has 2 atom stereocenters. The van der Waals surface area contributed by atoms with E-state index < -0.39 is 0 Å². The highest BCUT2D eigenvalue weighted by atomic mass is 16.3. The molecule has 0 spiro atoms. The maximum Gasteiger partial charge on any atom is 0.315 e. The number of aliphatic hydroxyl groups is 1. The Morgan fingerprint density at radius 1 is 1.16 bits per heavy atom. The number of nitrogens with one attached hydrogen (secondary N) is 2. The number of hydrogen-bond acceptors (Lipinski definition) is 3. The van der Waals surface area contributed by atoms with Crippen LogP contribution in [0.4, 0.5) is 4.79 Å². The summed E-state index contributed by atoms with van der Waals surface area (Å²) >= 11 is 0. The van der Waals surface area contributed by atoms with Crippen molar-refractivity contribution < 1.29 is 9.90 Å². The zero-order valence-electron chi connectivity index (χ0n) is 14.5. The Morgan fingerprint density at radius 2 is 1.84 bits per heavy atom. The molecule has 2 rings (SSSR count). The minimum atomic E-state index is -0.258. The fourth-order valence-electron chi connectivity index (χ4n) is 2.38. The third-order valence-corrected chi connectivity index (χ3v) is 4.27. The molecule has 3 N–H and O–H groups in total. The highest BCUT2D eigenvalue weighted by Gasteiger charge is 2.13. The summed E-state index contributed by atoms with van der Waals surface area (Å²) in [7, 11) is 0. The summed E-state index contributed by atoms with van der Waals surface area (Å²) in [5, 5.41) is 23.9. The van der Waals surface area contributed by atoms with Crippen LogP contribution in [0.25, 0.3) is 11.1 Å². The van der Waals surface area contributed by atoms with Crippen molar-refractivity contribution in [3.63, 3.8) is 0 Å². The van der Waals surface area contributed by atoms with Gasteiger partial charge in [-0.1, -0.05) is 49.4 Å². The molecule has 0 aliphatic carbocycles. The van der Waals surface area contributed by atoms with Gasteiger partial charge in [-0.05, 0) is 35.6 Å². The van der Waals surface area contributed by atoms with Crippen molar-refractivity contribution in [3.8, 4) is 17.2 Å². The molecule has 2 amide bonds. The van der Waals surface area contributed by atoms with Gasteiger partial charge >= 0.3 is 6.03 Å². The van der Waals surface area contributed by atoms with E-state index in [0.717, 1.165) is 16.7 Å². The van der Waals surface area contributed by atoms with E-state index in [4.69, 9.17) is 5.11 Å². The van der Waals surface area contributed by atoms with Gasteiger partial charge in [-0.25, -0.2) is 4.79 Å². The molecule has 0 aliphatic rings. The van der Waals surface area contributed by atoms with Gasteiger partial charge < -0.3 is 15.7 Å². The highest BCUT2D eigenvalue weighted by Crippen LogP contribution is 2.23. The van der Waals surface area contributed by atoms with Crippen molar-refractivity contribution in [2.45, 2.75) is 26.4 Å². The van der Waals surface area contributed by atoms with Crippen LogP contribution >= 0.6 is 0 Å². The van der Waals surface area contributed by atoms with Gasteiger partial charge in [0, 0.05) is 19.2 Å². The normalized spacial score (nSPS) is 12.7. The third kappa shape index (κ3) is 5.07. The monoisotopic (exact) mass is 337 g/mol. The van der Waals surface area contributed by atoms with Crippen LogP contribution < -0.4 is 10.6 Å². The van der Waals surface area contributed by atoms with E-state index in [1.54, 1.807) is 6.07 Å². The largest absolute Gasteiger partial charge is 0.396 e. The minimum Gasteiger partial charge on any atom is -0.396 e. The Balaban J connectivity index is 1.95. The number of carbonyl (C=O) groups excluding carboxylic acids is 1. The summed E-state index contributed by atoms with van der Waals surface area (Å²) in [6.45, 7) is 4.18. The standard InChI is InChI=1S/C20H23N3O2/c1-14(13-24)15(2)23-20(25)22-12-16-7-9-17(10-8-16)19-6-4-3-5-18(19)11-21/h3-10,14-15,24H,12-13H2,1-2H3,(H2,22,23,25). The molecule has 0 aromatic heterocycles. The van der Waals surface area contributed by atoms with Crippen molar-refractivity contribution in [1.29, 1.82) is 5.26 Å². The van der Waals surface area contributed by atoms with Crippen LogP contribution in [0.15, 0.2) is 48.5 Å². The lowest BCUT2D eigenvalue weighted by Crippen LogP contribution is -2.43. The number of nitrogens with zero attached hydrogens (tertiary/aromatic N) is 1. The van der Waals surface area contributed by atoms with Crippen LogP contribution in [0.5, 0.6) is 0 Å². The number of rotatable bonds is 6. The first-order valence-electron chi connectivity index (χ1n) is 8.28. The van der Waals surface area contributed by atoms with E-state index >= 15 is 0 Å². The summed E-state index contributed by atoms with van der Waals surface area (Å²) in [6.07, 6.45) is 0. The molecule has 0 fully saturated rings. The van der Waals surface area contributed by atoms with Crippen LogP contribution in [-0.2, 0) is 6.54 Å². The Morgan fingerprint density at radius 3 is 2.48 bits per heavy atom. The zero-order valence-corrected chi connectivity index (χ0v) is 14.5. The van der Waals surface area contributed by atoms with Gasteiger partial charge in [-0.3, -0.25) is 0 Å². The maximum absolute atomic E-state index is 11.9. The van der Waals surface area contributed by atoms with Crippen molar-refractivity contribution in [2.24, 2.45) is 5.92 Å². The van der Waals surface area contributed by atoms with Crippen LogP contribution in [0.3, 0.4) is 0 Å². The fraction of sp³-hybridized carbons (Fsp3) is 0.300. The molecule has 0 radical (unpaired) electrons. The number of carbonyl (C=O) groups is 1. The van der Waals surface area contributed by atoms with Crippen molar-refractivity contribution in [2.75, 3.05) is 6.61 Å². The van der Waals surface area contributed by atoms with E-state index in [1.807, 2.05) is 56.3 Å². The second kappa shape index (κ2) is 8.86. The van der Waals surface area contributed by atoms with Crippen LogP contribution in [0, 0.1) is 17.2 Å². The van der Waals surface area contributed by atoms with Gasteiger partial charge in [0.2, 0.25) is 0 Å². The van der Waals surface area contributed by atoms with Crippen LogP contribution in [0.1, 0.15) is 25.0 Å². The van der Waals surface area contributed by atoms with E-state index in [1.165, 1.54) is 0 Å². The second-order valence-corrected chi connectivity index (χ2v) is 6.13. The quantitative estimate of drug-likeness (QED) is 0.757. The number of aliphatic hydroxyl groups excluding tert-OH is 1. The molecule has 130 valence electrons. The molecule has 0 saturated carbocycles. The average molecular weight is 337 g/mol. The number of urea groups is 1. The molecule has 0 bridgehead atoms. The smallest absolute Gasteiger partial charge is 0.315 e. The van der Waals surface area contributed by atoms with E-state index in [9.17, 15) is 10.1 Å². The summed E-state index contributed by atoms with van der Waals surface area (Å²) in [4.78, 5) is 11.9. The van der Waals surface area contributed by atoms with Crippen LogP contribution in [0.2, 0.25) is 0 Å². The van der Waals surface area contributed by atoms with Gasteiger partial charge in [0.25, 0.3) is 0 Å². The Labute approximate surface area is 148 Å². The van der Waals surface area contributed by atoms with Gasteiger partial charge in [0.15, 0.2) is 0 Å². The molecule has 2 aromatic rings. The molecular weight excluding hydrogens is 314 g/mol. The van der Waals surface area contributed by atoms with Gasteiger partial charge in [-0.2, -0.15) is 5.26 Å². The first-order chi connectivity index (χ1) is 12.0. The molecule has 25 heavy (non-hydrogen) atoms. The second-order valence-electron chi connectivity index (χ2n) is 6.13. The molecule has 0 aliphatic heterocycles. The number of benzene rings is 2.